The number of rotatable bonds is 5. The first kappa shape index (κ1) is 19.1. The van der Waals surface area contributed by atoms with Gasteiger partial charge >= 0.3 is 0 Å². The van der Waals surface area contributed by atoms with Gasteiger partial charge in [0.1, 0.15) is 13.2 Å². The summed E-state index contributed by atoms with van der Waals surface area (Å²) in [6.45, 7) is 0.862. The van der Waals surface area contributed by atoms with Crippen molar-refractivity contribution in [3.8, 4) is 11.5 Å². The van der Waals surface area contributed by atoms with Gasteiger partial charge in [-0.2, -0.15) is 13.5 Å². The van der Waals surface area contributed by atoms with Crippen LogP contribution >= 0.6 is 11.6 Å². The lowest BCUT2D eigenvalue weighted by Crippen LogP contribution is -2.20. The SMILES string of the molecule is O=C(Nc1ccc2c(c1)OCCO2)c1cn[nH]c1S(=O)(=O)Nc1ccc(Cl)cc1. The van der Waals surface area contributed by atoms with E-state index in [1.54, 1.807) is 30.3 Å². The van der Waals surface area contributed by atoms with E-state index in [0.29, 0.717) is 41.1 Å². The van der Waals surface area contributed by atoms with Crippen LogP contribution in [0.2, 0.25) is 5.02 Å². The highest BCUT2D eigenvalue weighted by Crippen LogP contribution is 2.32. The molecule has 9 nitrogen and oxygen atoms in total. The van der Waals surface area contributed by atoms with E-state index in [9.17, 15) is 13.2 Å². The molecule has 1 aliphatic heterocycles. The fraction of sp³-hybridized carbons (Fsp3) is 0.111. The quantitative estimate of drug-likeness (QED) is 0.567. The monoisotopic (exact) mass is 434 g/mol. The van der Waals surface area contributed by atoms with Gasteiger partial charge in [0.15, 0.2) is 16.5 Å². The number of fused-ring (bicyclic) bond motifs is 1. The number of aromatic nitrogens is 2. The van der Waals surface area contributed by atoms with E-state index in [1.165, 1.54) is 12.1 Å². The van der Waals surface area contributed by atoms with Gasteiger partial charge in [0.25, 0.3) is 15.9 Å². The summed E-state index contributed by atoms with van der Waals surface area (Å²) in [7, 11) is -4.08. The second-order valence-electron chi connectivity index (χ2n) is 6.04. The number of hydrogen-bond donors (Lipinski definition) is 3. The first-order valence-corrected chi connectivity index (χ1v) is 10.3. The highest BCUT2D eigenvalue weighted by molar-refractivity contribution is 7.92. The molecule has 0 saturated carbocycles. The van der Waals surface area contributed by atoms with E-state index in [0.717, 1.165) is 6.20 Å². The molecule has 2 aromatic carbocycles. The van der Waals surface area contributed by atoms with Crippen LogP contribution in [0.5, 0.6) is 11.5 Å². The zero-order valence-corrected chi connectivity index (χ0v) is 16.4. The Hall–Kier alpha value is -3.24. The summed E-state index contributed by atoms with van der Waals surface area (Å²) < 4.78 is 38.7. The Kier molecular flexibility index (Phi) is 5.03. The zero-order valence-electron chi connectivity index (χ0n) is 14.8. The van der Waals surface area contributed by atoms with Crippen LogP contribution < -0.4 is 19.5 Å². The van der Waals surface area contributed by atoms with Crippen molar-refractivity contribution in [1.82, 2.24) is 10.2 Å². The summed E-state index contributed by atoms with van der Waals surface area (Å²) in [5, 5.41) is 8.81. The maximum atomic E-state index is 12.7. The summed E-state index contributed by atoms with van der Waals surface area (Å²) in [5.74, 6) is 0.429. The molecule has 11 heteroatoms. The molecule has 150 valence electrons. The Labute approximate surface area is 171 Å². The van der Waals surface area contributed by atoms with E-state index in [1.807, 2.05) is 0 Å². The largest absolute Gasteiger partial charge is 0.486 e. The summed E-state index contributed by atoms with van der Waals surface area (Å²) >= 11 is 5.81. The number of hydrogen-bond acceptors (Lipinski definition) is 6. The van der Waals surface area contributed by atoms with Crippen molar-refractivity contribution in [3.63, 3.8) is 0 Å². The van der Waals surface area contributed by atoms with Crippen LogP contribution in [0.4, 0.5) is 11.4 Å². The third-order valence-corrected chi connectivity index (χ3v) is 5.62. The van der Waals surface area contributed by atoms with Gasteiger partial charge in [-0.25, -0.2) is 0 Å². The number of nitrogens with one attached hydrogen (secondary N) is 3. The fourth-order valence-corrected chi connectivity index (χ4v) is 3.97. The predicted octanol–water partition coefficient (Wildman–Crippen LogP) is 2.89. The molecule has 0 atom stereocenters. The van der Waals surface area contributed by atoms with Crippen molar-refractivity contribution in [2.75, 3.05) is 23.3 Å². The minimum atomic E-state index is -4.08. The molecule has 1 amide bonds. The lowest BCUT2D eigenvalue weighted by atomic mass is 10.2. The Morgan fingerprint density at radius 2 is 1.72 bits per heavy atom. The van der Waals surface area contributed by atoms with Crippen LogP contribution in [0, 0.1) is 0 Å². The van der Waals surface area contributed by atoms with Crippen LogP contribution in [0.3, 0.4) is 0 Å². The van der Waals surface area contributed by atoms with Crippen molar-refractivity contribution < 1.29 is 22.7 Å². The van der Waals surface area contributed by atoms with Crippen LogP contribution in [0.15, 0.2) is 53.7 Å². The molecule has 3 N–H and O–H groups in total. The molecule has 29 heavy (non-hydrogen) atoms. The molecular formula is C18H15ClN4O5S. The molecule has 4 rings (SSSR count). The van der Waals surface area contributed by atoms with Crippen molar-refractivity contribution in [1.29, 1.82) is 0 Å². The highest BCUT2D eigenvalue weighted by atomic mass is 35.5. The van der Waals surface area contributed by atoms with Crippen molar-refractivity contribution >= 4 is 38.9 Å². The van der Waals surface area contributed by atoms with Crippen LogP contribution in [0.1, 0.15) is 10.4 Å². The molecule has 0 spiro atoms. The number of amides is 1. The normalized spacial score (nSPS) is 13.0. The zero-order chi connectivity index (χ0) is 20.4. The van der Waals surface area contributed by atoms with Gasteiger partial charge in [-0.05, 0) is 36.4 Å². The molecule has 1 aliphatic rings. The van der Waals surface area contributed by atoms with E-state index in [2.05, 4.69) is 20.2 Å². The standard InChI is InChI=1S/C18H15ClN4O5S/c19-11-1-3-12(4-2-11)23-29(25,26)18-14(10-20-22-18)17(24)21-13-5-6-15-16(9-13)28-8-7-27-15/h1-6,9-10,23H,7-8H2,(H,20,22)(H,21,24). The first-order chi connectivity index (χ1) is 13.9. The third-order valence-electron chi connectivity index (χ3n) is 4.01. The number of halogens is 1. The van der Waals surface area contributed by atoms with Gasteiger partial charge in [-0.15, -0.1) is 0 Å². The van der Waals surface area contributed by atoms with Crippen LogP contribution in [0.25, 0.3) is 0 Å². The van der Waals surface area contributed by atoms with Gasteiger partial charge < -0.3 is 14.8 Å². The Bertz CT molecular complexity index is 1160. The van der Waals surface area contributed by atoms with E-state index in [4.69, 9.17) is 21.1 Å². The molecule has 0 bridgehead atoms. The smallest absolute Gasteiger partial charge is 0.279 e. The van der Waals surface area contributed by atoms with Gasteiger partial charge in [-0.1, -0.05) is 11.6 Å². The summed E-state index contributed by atoms with van der Waals surface area (Å²) in [5.41, 5.74) is 0.581. The van der Waals surface area contributed by atoms with Gasteiger partial charge in [0, 0.05) is 22.5 Å². The number of carbonyl (C=O) groups excluding carboxylic acids is 1. The number of aromatic amines is 1. The lowest BCUT2D eigenvalue weighted by molar-refractivity contribution is 0.102. The summed E-state index contributed by atoms with van der Waals surface area (Å²) in [4.78, 5) is 12.7. The van der Waals surface area contributed by atoms with Crippen LogP contribution in [-0.2, 0) is 10.0 Å². The Morgan fingerprint density at radius 1 is 1.03 bits per heavy atom. The maximum Gasteiger partial charge on any atom is 0.279 e. The predicted molar refractivity (Wildman–Crippen MR) is 106 cm³/mol. The Morgan fingerprint density at radius 3 is 2.48 bits per heavy atom. The average Bonchev–Trinajstić information content (AvgIpc) is 3.21. The summed E-state index contributed by atoms with van der Waals surface area (Å²) in [6, 6.07) is 11.0. The fourth-order valence-electron chi connectivity index (χ4n) is 2.68. The topological polar surface area (TPSA) is 122 Å². The molecule has 0 fully saturated rings. The highest BCUT2D eigenvalue weighted by Gasteiger charge is 2.25. The molecule has 0 aliphatic carbocycles. The number of carbonyl (C=O) groups is 1. The second kappa shape index (κ2) is 7.64. The number of anilines is 2. The molecular weight excluding hydrogens is 420 g/mol. The number of H-pyrrole nitrogens is 1. The molecule has 1 aromatic heterocycles. The maximum absolute atomic E-state index is 12.7. The number of ether oxygens (including phenoxy) is 2. The van der Waals surface area contributed by atoms with E-state index >= 15 is 0 Å². The number of sulfonamides is 1. The molecule has 0 unspecified atom stereocenters. The van der Waals surface area contributed by atoms with Gasteiger partial charge in [-0.3, -0.25) is 14.6 Å². The van der Waals surface area contributed by atoms with Gasteiger partial charge in [0.2, 0.25) is 0 Å². The van der Waals surface area contributed by atoms with Crippen molar-refractivity contribution in [2.45, 2.75) is 5.03 Å². The summed E-state index contributed by atoms with van der Waals surface area (Å²) in [6.07, 6.45) is 1.14. The number of benzene rings is 2. The average molecular weight is 435 g/mol. The van der Waals surface area contributed by atoms with Gasteiger partial charge in [0.05, 0.1) is 11.8 Å². The number of nitrogens with zero attached hydrogens (tertiary/aromatic N) is 1. The first-order valence-electron chi connectivity index (χ1n) is 8.45. The second-order valence-corrected chi connectivity index (χ2v) is 8.09. The van der Waals surface area contributed by atoms with E-state index in [-0.39, 0.29) is 10.6 Å². The molecule has 0 radical (unpaired) electrons. The third kappa shape index (κ3) is 4.13. The minimum absolute atomic E-state index is 0.138. The van der Waals surface area contributed by atoms with Crippen molar-refractivity contribution in [2.24, 2.45) is 0 Å². The molecule has 2 heterocycles. The molecule has 3 aromatic rings. The lowest BCUT2D eigenvalue weighted by Gasteiger charge is -2.19. The minimum Gasteiger partial charge on any atom is -0.486 e. The van der Waals surface area contributed by atoms with Crippen molar-refractivity contribution in [3.05, 3.63) is 59.2 Å². The van der Waals surface area contributed by atoms with E-state index < -0.39 is 15.9 Å². The van der Waals surface area contributed by atoms with Crippen LogP contribution in [-0.4, -0.2) is 37.7 Å². The Balaban J connectivity index is 1.55. The molecule has 0 saturated heterocycles.